The van der Waals surface area contributed by atoms with Crippen molar-refractivity contribution in [3.05, 3.63) is 48.2 Å². The van der Waals surface area contributed by atoms with Gasteiger partial charge >= 0.3 is 0 Å². The first-order valence-electron chi connectivity index (χ1n) is 6.46. The Hall–Kier alpha value is -2.12. The molecule has 0 saturated heterocycles. The van der Waals surface area contributed by atoms with Crippen molar-refractivity contribution in [1.82, 2.24) is 4.98 Å². The topological polar surface area (TPSA) is 94.3 Å². The van der Waals surface area contributed by atoms with E-state index in [9.17, 15) is 8.42 Å². The third kappa shape index (κ3) is 3.93. The van der Waals surface area contributed by atoms with Crippen LogP contribution in [-0.4, -0.2) is 20.0 Å². The van der Waals surface area contributed by atoms with Crippen molar-refractivity contribution in [2.24, 2.45) is 5.73 Å². The molecule has 2 aromatic rings. The van der Waals surface area contributed by atoms with E-state index in [1.807, 2.05) is 6.92 Å². The van der Waals surface area contributed by atoms with Gasteiger partial charge in [0.2, 0.25) is 0 Å². The van der Waals surface area contributed by atoms with Gasteiger partial charge in [0.25, 0.3) is 10.0 Å². The number of ether oxygens (including phenoxy) is 1. The largest absolute Gasteiger partial charge is 0.494 e. The molecule has 0 aliphatic rings. The van der Waals surface area contributed by atoms with Gasteiger partial charge in [-0.25, -0.2) is 13.4 Å². The number of nitrogens with zero attached hydrogens (tertiary/aromatic N) is 1. The average molecular weight is 307 g/mol. The molecule has 0 amide bonds. The second-order valence-electron chi connectivity index (χ2n) is 4.27. The third-order valence-electron chi connectivity index (χ3n) is 2.74. The molecule has 0 aliphatic heterocycles. The van der Waals surface area contributed by atoms with Crippen LogP contribution in [0, 0.1) is 0 Å². The van der Waals surface area contributed by atoms with Gasteiger partial charge in [0.05, 0.1) is 11.5 Å². The molecule has 0 atom stereocenters. The number of anilines is 1. The molecule has 6 nitrogen and oxygen atoms in total. The van der Waals surface area contributed by atoms with E-state index < -0.39 is 10.0 Å². The van der Waals surface area contributed by atoms with Crippen LogP contribution in [0.5, 0.6) is 5.75 Å². The number of nitrogens with one attached hydrogen (secondary N) is 1. The van der Waals surface area contributed by atoms with Crippen molar-refractivity contribution < 1.29 is 13.2 Å². The van der Waals surface area contributed by atoms with Crippen LogP contribution in [0.15, 0.2) is 47.5 Å². The van der Waals surface area contributed by atoms with Crippen molar-refractivity contribution in [2.75, 3.05) is 11.3 Å². The monoisotopic (exact) mass is 307 g/mol. The smallest absolute Gasteiger partial charge is 0.263 e. The molecule has 0 unspecified atom stereocenters. The second-order valence-corrected chi connectivity index (χ2v) is 5.95. The van der Waals surface area contributed by atoms with E-state index in [-0.39, 0.29) is 10.7 Å². The summed E-state index contributed by atoms with van der Waals surface area (Å²) in [4.78, 5) is 4.16. The molecular formula is C14H17N3O3S. The highest BCUT2D eigenvalue weighted by molar-refractivity contribution is 7.92. The lowest BCUT2D eigenvalue weighted by molar-refractivity contribution is 0.340. The van der Waals surface area contributed by atoms with E-state index in [0.717, 1.165) is 5.56 Å². The first kappa shape index (κ1) is 15.3. The van der Waals surface area contributed by atoms with Crippen molar-refractivity contribution in [3.63, 3.8) is 0 Å². The van der Waals surface area contributed by atoms with E-state index in [1.165, 1.54) is 18.3 Å². The molecule has 1 heterocycles. The van der Waals surface area contributed by atoms with Crippen LogP contribution in [0.4, 0.5) is 5.82 Å². The Morgan fingerprint density at radius 3 is 2.43 bits per heavy atom. The minimum absolute atomic E-state index is 0.149. The lowest BCUT2D eigenvalue weighted by Gasteiger charge is -2.08. The number of benzene rings is 1. The van der Waals surface area contributed by atoms with Crippen LogP contribution in [0.1, 0.15) is 12.5 Å². The number of hydrogen-bond donors (Lipinski definition) is 2. The number of hydrogen-bond acceptors (Lipinski definition) is 5. The Labute approximate surface area is 124 Å². The van der Waals surface area contributed by atoms with Crippen LogP contribution < -0.4 is 15.2 Å². The maximum Gasteiger partial charge on any atom is 0.263 e. The lowest BCUT2D eigenvalue weighted by atomic mass is 10.3. The Morgan fingerprint density at radius 1 is 1.19 bits per heavy atom. The molecule has 1 aromatic carbocycles. The van der Waals surface area contributed by atoms with Gasteiger partial charge in [0, 0.05) is 12.7 Å². The van der Waals surface area contributed by atoms with Crippen molar-refractivity contribution in [3.8, 4) is 5.75 Å². The molecule has 0 saturated carbocycles. The van der Waals surface area contributed by atoms with Gasteiger partial charge in [-0.15, -0.1) is 0 Å². The third-order valence-corrected chi connectivity index (χ3v) is 4.12. The molecule has 112 valence electrons. The van der Waals surface area contributed by atoms with Crippen molar-refractivity contribution >= 4 is 15.8 Å². The van der Waals surface area contributed by atoms with Crippen LogP contribution >= 0.6 is 0 Å². The Bertz CT molecular complexity index is 682. The fraction of sp³-hybridized carbons (Fsp3) is 0.214. The molecule has 0 radical (unpaired) electrons. The van der Waals surface area contributed by atoms with E-state index in [4.69, 9.17) is 10.5 Å². The first-order chi connectivity index (χ1) is 10.0. The van der Waals surface area contributed by atoms with Gasteiger partial charge in [-0.05, 0) is 42.8 Å². The Balaban J connectivity index is 2.16. The van der Waals surface area contributed by atoms with E-state index in [2.05, 4.69) is 9.71 Å². The highest BCUT2D eigenvalue weighted by Gasteiger charge is 2.14. The molecule has 2 rings (SSSR count). The molecule has 0 aliphatic carbocycles. The van der Waals surface area contributed by atoms with Crippen molar-refractivity contribution in [1.29, 1.82) is 0 Å². The number of rotatable bonds is 6. The summed E-state index contributed by atoms with van der Waals surface area (Å²) in [5.41, 5.74) is 6.30. The highest BCUT2D eigenvalue weighted by atomic mass is 32.2. The Morgan fingerprint density at radius 2 is 1.90 bits per heavy atom. The fourth-order valence-electron chi connectivity index (χ4n) is 1.68. The zero-order valence-electron chi connectivity index (χ0n) is 11.6. The van der Waals surface area contributed by atoms with Crippen LogP contribution in [0.25, 0.3) is 0 Å². The Kier molecular flexibility index (Phi) is 4.77. The summed E-state index contributed by atoms with van der Waals surface area (Å²) in [6, 6.07) is 9.51. The standard InChI is InChI=1S/C14H17N3O3S/c1-2-20-12-4-6-13(7-5-12)21(18,19)17-14-8-3-11(9-15)10-16-14/h3-8,10H,2,9,15H2,1H3,(H,16,17). The van der Waals surface area contributed by atoms with Gasteiger partial charge in [-0.1, -0.05) is 6.07 Å². The molecule has 21 heavy (non-hydrogen) atoms. The quantitative estimate of drug-likeness (QED) is 0.847. The summed E-state index contributed by atoms with van der Waals surface area (Å²) in [5, 5.41) is 0. The lowest BCUT2D eigenvalue weighted by Crippen LogP contribution is -2.14. The molecule has 3 N–H and O–H groups in total. The molecule has 7 heteroatoms. The van der Waals surface area contributed by atoms with E-state index >= 15 is 0 Å². The van der Waals surface area contributed by atoms with Gasteiger partial charge in [-0.2, -0.15) is 0 Å². The second kappa shape index (κ2) is 6.55. The maximum atomic E-state index is 12.2. The summed E-state index contributed by atoms with van der Waals surface area (Å²) in [6.45, 7) is 2.75. The number of nitrogens with two attached hydrogens (primary N) is 1. The summed E-state index contributed by atoms with van der Waals surface area (Å²) in [7, 11) is -3.66. The predicted octanol–water partition coefficient (Wildman–Crippen LogP) is 1.74. The molecular weight excluding hydrogens is 290 g/mol. The fourth-order valence-corrected chi connectivity index (χ4v) is 2.69. The predicted molar refractivity (Wildman–Crippen MR) is 80.5 cm³/mol. The normalized spacial score (nSPS) is 11.1. The minimum Gasteiger partial charge on any atom is -0.494 e. The SMILES string of the molecule is CCOc1ccc(S(=O)(=O)Nc2ccc(CN)cn2)cc1. The summed E-state index contributed by atoms with van der Waals surface area (Å²) in [6.07, 6.45) is 1.54. The summed E-state index contributed by atoms with van der Waals surface area (Å²) < 4.78 is 32.1. The van der Waals surface area contributed by atoms with Gasteiger partial charge in [0.15, 0.2) is 0 Å². The average Bonchev–Trinajstić information content (AvgIpc) is 2.48. The zero-order chi connectivity index (χ0) is 15.3. The molecule has 0 fully saturated rings. The number of pyridine rings is 1. The molecule has 1 aromatic heterocycles. The zero-order valence-corrected chi connectivity index (χ0v) is 12.4. The minimum atomic E-state index is -3.66. The maximum absolute atomic E-state index is 12.2. The van der Waals surface area contributed by atoms with Crippen LogP contribution in [0.2, 0.25) is 0 Å². The van der Waals surface area contributed by atoms with Crippen LogP contribution in [-0.2, 0) is 16.6 Å². The van der Waals surface area contributed by atoms with E-state index in [1.54, 1.807) is 24.3 Å². The molecule has 0 spiro atoms. The number of aromatic nitrogens is 1. The van der Waals surface area contributed by atoms with Gasteiger partial charge in [-0.3, -0.25) is 4.72 Å². The first-order valence-corrected chi connectivity index (χ1v) is 7.94. The summed E-state index contributed by atoms with van der Waals surface area (Å²) >= 11 is 0. The highest BCUT2D eigenvalue weighted by Crippen LogP contribution is 2.18. The number of sulfonamides is 1. The van der Waals surface area contributed by atoms with Crippen molar-refractivity contribution in [2.45, 2.75) is 18.4 Å². The van der Waals surface area contributed by atoms with Gasteiger partial charge < -0.3 is 10.5 Å². The van der Waals surface area contributed by atoms with Gasteiger partial charge in [0.1, 0.15) is 11.6 Å². The molecule has 0 bridgehead atoms. The van der Waals surface area contributed by atoms with Crippen LogP contribution in [0.3, 0.4) is 0 Å². The van der Waals surface area contributed by atoms with E-state index in [0.29, 0.717) is 18.9 Å². The summed E-state index contributed by atoms with van der Waals surface area (Å²) in [5.74, 6) is 0.878.